The first-order chi connectivity index (χ1) is 14.1. The monoisotopic (exact) mass is 420 g/mol. The molecule has 0 amide bonds. The van der Waals surface area contributed by atoms with Crippen molar-refractivity contribution in [3.05, 3.63) is 0 Å². The van der Waals surface area contributed by atoms with Gasteiger partial charge in [-0.2, -0.15) is 0 Å². The number of ketones is 1. The van der Waals surface area contributed by atoms with E-state index in [2.05, 4.69) is 0 Å². The van der Waals surface area contributed by atoms with Gasteiger partial charge in [-0.25, -0.2) is 0 Å². The van der Waals surface area contributed by atoms with Crippen molar-refractivity contribution in [2.24, 2.45) is 39.9 Å². The van der Waals surface area contributed by atoms with Gasteiger partial charge in [0, 0.05) is 31.3 Å². The number of cyclic esters (lactones) is 1. The molecule has 30 heavy (non-hydrogen) atoms. The molecular weight excluding hydrogens is 388 g/mol. The molecule has 5 fully saturated rings. The Balaban J connectivity index is 1.75. The van der Waals surface area contributed by atoms with Crippen molar-refractivity contribution in [3.63, 3.8) is 0 Å². The van der Waals surface area contributed by atoms with Gasteiger partial charge >= 0.3 is 11.9 Å². The molecule has 1 N–H and O–H groups in total. The van der Waals surface area contributed by atoms with Crippen molar-refractivity contribution < 1.29 is 33.7 Å². The summed E-state index contributed by atoms with van der Waals surface area (Å²) >= 11 is 0. The number of carbonyl (C=O) groups excluding carboxylic acids is 3. The van der Waals surface area contributed by atoms with E-state index in [1.165, 1.54) is 6.92 Å². The van der Waals surface area contributed by atoms with Crippen LogP contribution < -0.4 is 0 Å². The summed E-state index contributed by atoms with van der Waals surface area (Å²) in [5, 5.41) is 11.5. The molecule has 0 aromatic heterocycles. The first-order valence-corrected chi connectivity index (χ1v) is 11.2. The van der Waals surface area contributed by atoms with Crippen molar-refractivity contribution in [3.8, 4) is 0 Å². The fourth-order valence-electron chi connectivity index (χ4n) is 8.68. The molecule has 0 aromatic rings. The molecule has 5 aliphatic rings. The van der Waals surface area contributed by atoms with Crippen LogP contribution in [0.4, 0.5) is 0 Å². The van der Waals surface area contributed by atoms with Crippen LogP contribution in [0.3, 0.4) is 0 Å². The molecule has 1 heterocycles. The minimum absolute atomic E-state index is 0.0171. The Hall–Kier alpha value is -1.47. The number of aliphatic hydroxyl groups excluding tert-OH is 1. The quantitative estimate of drug-likeness (QED) is 0.681. The van der Waals surface area contributed by atoms with Crippen LogP contribution in [0.15, 0.2) is 0 Å². The molecule has 4 saturated carbocycles. The highest BCUT2D eigenvalue weighted by molar-refractivity contribution is 5.92. The van der Waals surface area contributed by atoms with Gasteiger partial charge in [0.25, 0.3) is 0 Å². The molecule has 10 unspecified atom stereocenters. The van der Waals surface area contributed by atoms with Crippen molar-refractivity contribution in [1.29, 1.82) is 0 Å². The molecule has 1 spiro atoms. The lowest BCUT2D eigenvalue weighted by Crippen LogP contribution is -2.74. The molecule has 10 atom stereocenters. The number of fused-ring (bicyclic) bond motifs is 1. The van der Waals surface area contributed by atoms with Gasteiger partial charge in [0.15, 0.2) is 0 Å². The van der Waals surface area contributed by atoms with Gasteiger partial charge in [-0.15, -0.1) is 0 Å². The maximum atomic E-state index is 13.8. The molecule has 0 radical (unpaired) electrons. The summed E-state index contributed by atoms with van der Waals surface area (Å²) in [4.78, 5) is 38.8. The first kappa shape index (κ1) is 20.4. The smallest absolute Gasteiger partial charge is 0.312 e. The maximum absolute atomic E-state index is 13.8. The van der Waals surface area contributed by atoms with Gasteiger partial charge in [-0.3, -0.25) is 14.4 Å². The van der Waals surface area contributed by atoms with Crippen LogP contribution in [0.5, 0.6) is 0 Å². The van der Waals surface area contributed by atoms with Crippen molar-refractivity contribution in [2.75, 3.05) is 13.7 Å². The Morgan fingerprint density at radius 3 is 2.63 bits per heavy atom. The Morgan fingerprint density at radius 2 is 1.97 bits per heavy atom. The minimum Gasteiger partial charge on any atom is -0.465 e. The van der Waals surface area contributed by atoms with E-state index in [0.717, 1.165) is 19.3 Å². The zero-order chi connectivity index (χ0) is 21.6. The molecule has 7 heteroatoms. The Morgan fingerprint density at radius 1 is 1.23 bits per heavy atom. The zero-order valence-electron chi connectivity index (χ0n) is 18.2. The molecule has 4 aliphatic carbocycles. The number of methoxy groups -OCH3 is 1. The number of esters is 2. The lowest BCUT2D eigenvalue weighted by Gasteiger charge is -2.68. The SMILES string of the molecule is COC1CC2C3(C)CCCC2(COC3=O)C2C(OC(C)=O)CC3C(C)C(=O)C12C3O. The summed E-state index contributed by atoms with van der Waals surface area (Å²) in [5.41, 5.74) is -2.28. The number of rotatable bonds is 2. The van der Waals surface area contributed by atoms with Crippen molar-refractivity contribution >= 4 is 17.7 Å². The van der Waals surface area contributed by atoms with E-state index in [0.29, 0.717) is 12.8 Å². The van der Waals surface area contributed by atoms with E-state index < -0.39 is 40.5 Å². The third kappa shape index (κ3) is 2.11. The minimum atomic E-state index is -1.13. The van der Waals surface area contributed by atoms with E-state index in [1.807, 2.05) is 13.8 Å². The second-order valence-electron chi connectivity index (χ2n) is 10.6. The number of carbonyl (C=O) groups is 3. The summed E-state index contributed by atoms with van der Waals surface area (Å²) in [5.74, 6) is -1.59. The summed E-state index contributed by atoms with van der Waals surface area (Å²) in [6.07, 6.45) is 1.51. The summed E-state index contributed by atoms with van der Waals surface area (Å²) in [6.45, 7) is 5.45. The second kappa shape index (κ2) is 6.28. The van der Waals surface area contributed by atoms with Crippen molar-refractivity contribution in [1.82, 2.24) is 0 Å². The molecule has 1 aliphatic heterocycles. The third-order valence-corrected chi connectivity index (χ3v) is 9.71. The number of hydrogen-bond acceptors (Lipinski definition) is 7. The van der Waals surface area contributed by atoms with Gasteiger partial charge in [-0.1, -0.05) is 13.3 Å². The fraction of sp³-hybridized carbons (Fsp3) is 0.870. The standard InChI is InChI=1S/C23H32O7/c1-11-13-8-14(30-12(2)24)17-22-7-5-6-21(3,20(27)29-10-22)15(22)9-16(28-4)23(17,18(11)25)19(13)26/h11,13-17,19,26H,5-10H2,1-4H3. The van der Waals surface area contributed by atoms with Crippen LogP contribution in [-0.4, -0.2) is 54.9 Å². The number of Topliss-reactive ketones (excluding diaryl/α,β-unsaturated/α-hetero) is 1. The van der Waals surface area contributed by atoms with Gasteiger partial charge in [0.1, 0.15) is 11.9 Å². The van der Waals surface area contributed by atoms with E-state index in [1.54, 1.807) is 7.11 Å². The normalized spacial score (nSPS) is 54.1. The third-order valence-electron chi connectivity index (χ3n) is 9.71. The predicted molar refractivity (Wildman–Crippen MR) is 104 cm³/mol. The summed E-state index contributed by atoms with van der Waals surface area (Å²) < 4.78 is 17.6. The lowest BCUT2D eigenvalue weighted by atomic mass is 9.38. The van der Waals surface area contributed by atoms with Crippen LogP contribution in [0, 0.1) is 39.9 Å². The highest BCUT2D eigenvalue weighted by atomic mass is 16.5. The van der Waals surface area contributed by atoms with Crippen molar-refractivity contribution in [2.45, 2.75) is 71.2 Å². The van der Waals surface area contributed by atoms with Gasteiger partial charge in [0.05, 0.1) is 29.6 Å². The van der Waals surface area contributed by atoms with Crippen LogP contribution >= 0.6 is 0 Å². The van der Waals surface area contributed by atoms with E-state index in [-0.39, 0.29) is 42.1 Å². The average molecular weight is 421 g/mol. The largest absolute Gasteiger partial charge is 0.465 e. The van der Waals surface area contributed by atoms with E-state index in [4.69, 9.17) is 14.2 Å². The van der Waals surface area contributed by atoms with Crippen LogP contribution in [0.1, 0.15) is 52.9 Å². The molecule has 5 rings (SSSR count). The van der Waals surface area contributed by atoms with Gasteiger partial charge in [-0.05, 0) is 44.4 Å². The second-order valence-corrected chi connectivity index (χ2v) is 10.6. The number of ether oxygens (including phenoxy) is 3. The summed E-state index contributed by atoms with van der Waals surface area (Å²) in [6, 6.07) is 0. The topological polar surface area (TPSA) is 99.1 Å². The molecule has 7 nitrogen and oxygen atoms in total. The highest BCUT2D eigenvalue weighted by Crippen LogP contribution is 2.73. The lowest BCUT2D eigenvalue weighted by molar-refractivity contribution is -0.288. The molecular formula is C23H32O7. The Kier molecular flexibility index (Phi) is 4.28. The predicted octanol–water partition coefficient (Wildman–Crippen LogP) is 1.89. The molecule has 0 aromatic carbocycles. The zero-order valence-corrected chi connectivity index (χ0v) is 18.2. The number of hydrogen-bond donors (Lipinski definition) is 1. The van der Waals surface area contributed by atoms with Gasteiger partial charge in [0.2, 0.25) is 0 Å². The van der Waals surface area contributed by atoms with Crippen LogP contribution in [0.25, 0.3) is 0 Å². The van der Waals surface area contributed by atoms with E-state index >= 15 is 0 Å². The maximum Gasteiger partial charge on any atom is 0.312 e. The Labute approximate surface area is 176 Å². The van der Waals surface area contributed by atoms with Crippen LogP contribution in [0.2, 0.25) is 0 Å². The summed E-state index contributed by atoms with van der Waals surface area (Å²) in [7, 11) is 1.58. The van der Waals surface area contributed by atoms with Gasteiger partial charge < -0.3 is 19.3 Å². The molecule has 1 saturated heterocycles. The first-order valence-electron chi connectivity index (χ1n) is 11.2. The number of aliphatic hydroxyl groups is 1. The highest BCUT2D eigenvalue weighted by Gasteiger charge is 2.80. The molecule has 4 bridgehead atoms. The van der Waals surface area contributed by atoms with E-state index in [9.17, 15) is 19.5 Å². The molecule has 166 valence electrons. The Bertz CT molecular complexity index is 809. The van der Waals surface area contributed by atoms with Crippen LogP contribution in [-0.2, 0) is 28.6 Å². The fourth-order valence-corrected chi connectivity index (χ4v) is 8.68. The average Bonchev–Trinajstić information content (AvgIpc) is 2.81.